The Labute approximate surface area is 191 Å². The monoisotopic (exact) mass is 544 g/mol. The number of carbonyl (C=O) groups is 1. The average molecular weight is 544 g/mol. The van der Waals surface area contributed by atoms with Crippen LogP contribution in [0.4, 0.5) is 17.6 Å². The van der Waals surface area contributed by atoms with Crippen molar-refractivity contribution in [1.29, 1.82) is 0 Å². The third-order valence-corrected chi connectivity index (χ3v) is 4.77. The van der Waals surface area contributed by atoms with Crippen LogP contribution in [-0.2, 0) is 17.5 Å². The van der Waals surface area contributed by atoms with Crippen molar-refractivity contribution >= 4 is 35.8 Å². The number of nitrogens with one attached hydrogen (secondary N) is 2. The van der Waals surface area contributed by atoms with Crippen molar-refractivity contribution in [1.82, 2.24) is 15.5 Å². The van der Waals surface area contributed by atoms with E-state index in [4.69, 9.17) is 0 Å². The minimum atomic E-state index is -4.66. The number of likely N-dealkylation sites (tertiary alicyclic amines) is 1. The molecule has 1 aliphatic rings. The first kappa shape index (κ1) is 26.4. The van der Waals surface area contributed by atoms with Gasteiger partial charge in [-0.05, 0) is 43.4 Å². The number of rotatable bonds is 6. The summed E-state index contributed by atoms with van der Waals surface area (Å²) in [5.41, 5.74) is -1.15. The van der Waals surface area contributed by atoms with Crippen LogP contribution in [-0.4, -0.2) is 42.9 Å². The Morgan fingerprint density at radius 3 is 2.67 bits per heavy atom. The van der Waals surface area contributed by atoms with Crippen LogP contribution in [0, 0.1) is 11.7 Å². The number of benzene rings is 1. The van der Waals surface area contributed by atoms with Gasteiger partial charge in [-0.15, -0.1) is 24.0 Å². The van der Waals surface area contributed by atoms with E-state index >= 15 is 0 Å². The summed E-state index contributed by atoms with van der Waals surface area (Å²) in [6, 6.07) is 2.55. The highest BCUT2D eigenvalue weighted by Gasteiger charge is 2.33. The summed E-state index contributed by atoms with van der Waals surface area (Å²) in [6.45, 7) is 6.06. The lowest BCUT2D eigenvalue weighted by atomic mass is 10.00. The second-order valence-electron chi connectivity index (χ2n) is 7.26. The molecule has 1 unspecified atom stereocenters. The molecule has 1 aromatic rings. The Morgan fingerprint density at radius 2 is 2.03 bits per heavy atom. The molecule has 2 rings (SSSR count). The molecule has 0 aromatic heterocycles. The molecule has 0 aliphatic carbocycles. The SMILES string of the molecule is CCNC(=NCc1ccc(F)cc1C(F)(F)F)NCCC(=O)N1CCCC(C)C1.I. The number of piperidine rings is 1. The third kappa shape index (κ3) is 8.27. The van der Waals surface area contributed by atoms with Crippen molar-refractivity contribution < 1.29 is 22.4 Å². The maximum absolute atomic E-state index is 13.2. The minimum Gasteiger partial charge on any atom is -0.357 e. The average Bonchev–Trinajstić information content (AvgIpc) is 2.66. The van der Waals surface area contributed by atoms with Crippen LogP contribution in [0.1, 0.15) is 44.2 Å². The second-order valence-corrected chi connectivity index (χ2v) is 7.26. The van der Waals surface area contributed by atoms with E-state index in [0.717, 1.165) is 38.1 Å². The molecule has 1 fully saturated rings. The number of carbonyl (C=O) groups excluding carboxylic acids is 1. The van der Waals surface area contributed by atoms with Crippen LogP contribution in [0.3, 0.4) is 0 Å². The molecule has 1 heterocycles. The highest BCUT2D eigenvalue weighted by atomic mass is 127. The molecular weight excluding hydrogens is 515 g/mol. The molecule has 10 heteroatoms. The van der Waals surface area contributed by atoms with Crippen LogP contribution in [0.25, 0.3) is 0 Å². The number of aliphatic imine (C=N–C) groups is 1. The van der Waals surface area contributed by atoms with Gasteiger partial charge < -0.3 is 15.5 Å². The van der Waals surface area contributed by atoms with Gasteiger partial charge in [0.1, 0.15) is 5.82 Å². The summed E-state index contributed by atoms with van der Waals surface area (Å²) in [5.74, 6) is -0.0822. The first-order valence-electron chi connectivity index (χ1n) is 9.86. The molecule has 2 N–H and O–H groups in total. The normalized spacial score (nSPS) is 17.3. The molecule has 1 aromatic carbocycles. The van der Waals surface area contributed by atoms with E-state index < -0.39 is 17.6 Å². The fraction of sp³-hybridized carbons (Fsp3) is 0.600. The third-order valence-electron chi connectivity index (χ3n) is 4.77. The molecular formula is C20H29F4IN4O. The van der Waals surface area contributed by atoms with Gasteiger partial charge in [0.05, 0.1) is 12.1 Å². The summed E-state index contributed by atoms with van der Waals surface area (Å²) < 4.78 is 52.5. The first-order valence-corrected chi connectivity index (χ1v) is 9.86. The topological polar surface area (TPSA) is 56.7 Å². The smallest absolute Gasteiger partial charge is 0.357 e. The summed E-state index contributed by atoms with van der Waals surface area (Å²) in [6.07, 6.45) is -2.25. The number of halogens is 5. The van der Waals surface area contributed by atoms with E-state index in [1.54, 1.807) is 0 Å². The molecule has 1 amide bonds. The number of amides is 1. The maximum Gasteiger partial charge on any atom is 0.416 e. The second kappa shape index (κ2) is 12.3. The van der Waals surface area contributed by atoms with Crippen molar-refractivity contribution in [2.75, 3.05) is 26.2 Å². The van der Waals surface area contributed by atoms with E-state index in [9.17, 15) is 22.4 Å². The lowest BCUT2D eigenvalue weighted by Crippen LogP contribution is -2.42. The number of guanidine groups is 1. The predicted octanol–water partition coefficient (Wildman–Crippen LogP) is 4.17. The minimum absolute atomic E-state index is 0. The zero-order valence-electron chi connectivity index (χ0n) is 17.2. The molecule has 0 bridgehead atoms. The zero-order chi connectivity index (χ0) is 21.4. The fourth-order valence-corrected chi connectivity index (χ4v) is 3.32. The number of hydrogen-bond acceptors (Lipinski definition) is 2. The van der Waals surface area contributed by atoms with Gasteiger partial charge in [-0.25, -0.2) is 9.38 Å². The molecule has 0 radical (unpaired) electrons. The summed E-state index contributed by atoms with van der Waals surface area (Å²) in [5, 5.41) is 5.92. The summed E-state index contributed by atoms with van der Waals surface area (Å²) in [7, 11) is 0. The van der Waals surface area contributed by atoms with Crippen molar-refractivity contribution in [2.45, 2.75) is 45.8 Å². The quantitative estimate of drug-likeness (QED) is 0.245. The van der Waals surface area contributed by atoms with Crippen molar-refractivity contribution in [3.05, 3.63) is 35.1 Å². The van der Waals surface area contributed by atoms with Crippen LogP contribution < -0.4 is 10.6 Å². The molecule has 5 nitrogen and oxygen atoms in total. The fourth-order valence-electron chi connectivity index (χ4n) is 3.32. The Balaban J connectivity index is 0.00000450. The molecule has 1 aliphatic heterocycles. The molecule has 0 spiro atoms. The summed E-state index contributed by atoms with van der Waals surface area (Å²) >= 11 is 0. The Bertz CT molecular complexity index is 727. The van der Waals surface area contributed by atoms with Crippen molar-refractivity contribution in [3.8, 4) is 0 Å². The molecule has 170 valence electrons. The van der Waals surface area contributed by atoms with Gasteiger partial charge in [-0.2, -0.15) is 13.2 Å². The highest BCUT2D eigenvalue weighted by Crippen LogP contribution is 2.32. The lowest BCUT2D eigenvalue weighted by Gasteiger charge is -2.31. The number of hydrogen-bond donors (Lipinski definition) is 2. The van der Waals surface area contributed by atoms with E-state index in [1.807, 2.05) is 11.8 Å². The standard InChI is InChI=1S/C20H28F4N4O.HI/c1-3-25-19(26-9-8-18(29)28-10-4-5-14(2)13-28)27-12-15-6-7-16(21)11-17(15)20(22,23)24;/h6-7,11,14H,3-5,8-10,12-13H2,1-2H3,(H2,25,26,27);1H. The summed E-state index contributed by atoms with van der Waals surface area (Å²) in [4.78, 5) is 18.3. The van der Waals surface area contributed by atoms with Gasteiger partial charge in [-0.3, -0.25) is 4.79 Å². The predicted molar refractivity (Wildman–Crippen MR) is 119 cm³/mol. The molecule has 1 atom stereocenters. The van der Waals surface area contributed by atoms with Crippen LogP contribution in [0.15, 0.2) is 23.2 Å². The van der Waals surface area contributed by atoms with E-state index in [2.05, 4.69) is 22.5 Å². The van der Waals surface area contributed by atoms with Gasteiger partial charge in [0, 0.05) is 32.6 Å². The Hall–Kier alpha value is -1.59. The first-order chi connectivity index (χ1) is 13.7. The molecule has 1 saturated heterocycles. The molecule has 30 heavy (non-hydrogen) atoms. The largest absolute Gasteiger partial charge is 0.416 e. The Morgan fingerprint density at radius 1 is 1.30 bits per heavy atom. The van der Waals surface area contributed by atoms with Gasteiger partial charge in [0.2, 0.25) is 5.91 Å². The van der Waals surface area contributed by atoms with Crippen molar-refractivity contribution in [3.63, 3.8) is 0 Å². The lowest BCUT2D eigenvalue weighted by molar-refractivity contribution is -0.138. The zero-order valence-corrected chi connectivity index (χ0v) is 19.5. The highest BCUT2D eigenvalue weighted by molar-refractivity contribution is 14.0. The van der Waals surface area contributed by atoms with Gasteiger partial charge in [0.25, 0.3) is 0 Å². The van der Waals surface area contributed by atoms with Gasteiger partial charge >= 0.3 is 6.18 Å². The maximum atomic E-state index is 13.2. The van der Waals surface area contributed by atoms with Crippen molar-refractivity contribution in [2.24, 2.45) is 10.9 Å². The van der Waals surface area contributed by atoms with E-state index in [0.29, 0.717) is 31.0 Å². The van der Waals surface area contributed by atoms with Crippen LogP contribution >= 0.6 is 24.0 Å². The Kier molecular flexibility index (Phi) is 10.9. The van der Waals surface area contributed by atoms with Gasteiger partial charge in [-0.1, -0.05) is 13.0 Å². The number of alkyl halides is 3. The van der Waals surface area contributed by atoms with Crippen LogP contribution in [0.2, 0.25) is 0 Å². The van der Waals surface area contributed by atoms with Crippen LogP contribution in [0.5, 0.6) is 0 Å². The van der Waals surface area contributed by atoms with Gasteiger partial charge in [0.15, 0.2) is 5.96 Å². The molecule has 0 saturated carbocycles. The van der Waals surface area contributed by atoms with E-state index in [1.165, 1.54) is 0 Å². The van der Waals surface area contributed by atoms with E-state index in [-0.39, 0.29) is 48.4 Å². The number of nitrogens with zero attached hydrogens (tertiary/aromatic N) is 2.